The van der Waals surface area contributed by atoms with Crippen LogP contribution in [0.15, 0.2) is 182 Å². The molecule has 9 nitrogen and oxygen atoms in total. The molecule has 2 unspecified atom stereocenters. The number of aliphatic carboxylic acids is 1. The first-order valence-corrected chi connectivity index (χ1v) is 37.9. The van der Waals surface area contributed by atoms with Crippen molar-refractivity contribution in [3.63, 3.8) is 0 Å². The van der Waals surface area contributed by atoms with Gasteiger partial charge in [-0.2, -0.15) is 0 Å². The van der Waals surface area contributed by atoms with Crippen LogP contribution in [-0.2, 0) is 33.3 Å². The predicted molar refractivity (Wildman–Crippen MR) is 407 cm³/mol. The van der Waals surface area contributed by atoms with Gasteiger partial charge in [-0.3, -0.25) is 9.59 Å². The molecule has 0 bridgehead atoms. The highest BCUT2D eigenvalue weighted by atomic mass is 16.7. The molecule has 2 atom stereocenters. The number of hydrogen-bond acceptors (Lipinski definition) is 8. The van der Waals surface area contributed by atoms with E-state index in [0.717, 1.165) is 116 Å². The van der Waals surface area contributed by atoms with Crippen LogP contribution >= 0.6 is 0 Å². The summed E-state index contributed by atoms with van der Waals surface area (Å²) in [5, 5.41) is 11.8. The Labute approximate surface area is 583 Å². The van der Waals surface area contributed by atoms with Crippen molar-refractivity contribution < 1.29 is 42.9 Å². The Morgan fingerprint density at radius 2 is 0.579 bits per heavy atom. The molecule has 0 aliphatic carbocycles. The molecule has 0 aliphatic rings. The molecule has 9 heteroatoms. The van der Waals surface area contributed by atoms with Gasteiger partial charge < -0.3 is 33.3 Å². The van der Waals surface area contributed by atoms with Gasteiger partial charge in [0.25, 0.3) is 0 Å². The van der Waals surface area contributed by atoms with E-state index >= 15 is 0 Å². The lowest BCUT2D eigenvalue weighted by molar-refractivity contribution is -0.870. The van der Waals surface area contributed by atoms with Crippen molar-refractivity contribution in [1.29, 1.82) is 0 Å². The fourth-order valence-electron chi connectivity index (χ4n) is 9.96. The normalized spacial score (nSPS) is 13.7. The van der Waals surface area contributed by atoms with Gasteiger partial charge >= 0.3 is 11.9 Å². The quantitative estimate of drug-likeness (QED) is 0.0195. The van der Waals surface area contributed by atoms with Crippen LogP contribution in [0, 0.1) is 0 Å². The lowest BCUT2D eigenvalue weighted by Gasteiger charge is -2.26. The fourth-order valence-corrected chi connectivity index (χ4v) is 9.96. The Balaban J connectivity index is 4.12. The molecule has 0 saturated heterocycles. The number of allylic oxidation sites excluding steroid dienone is 30. The minimum absolute atomic E-state index is 0.129. The van der Waals surface area contributed by atoms with Crippen molar-refractivity contribution >= 4 is 17.9 Å². The van der Waals surface area contributed by atoms with Crippen molar-refractivity contribution in [2.24, 2.45) is 0 Å². The van der Waals surface area contributed by atoms with Crippen molar-refractivity contribution in [1.82, 2.24) is 0 Å². The number of hydrogen-bond donors (Lipinski definition) is 0. The van der Waals surface area contributed by atoms with Gasteiger partial charge in [0.1, 0.15) is 13.2 Å². The van der Waals surface area contributed by atoms with Gasteiger partial charge in [-0.1, -0.05) is 325 Å². The van der Waals surface area contributed by atoms with Gasteiger partial charge in [0.05, 0.1) is 40.3 Å². The predicted octanol–water partition coefficient (Wildman–Crippen LogP) is 23.0. The van der Waals surface area contributed by atoms with E-state index in [4.69, 9.17) is 18.9 Å². The second-order valence-electron chi connectivity index (χ2n) is 25.8. The average molecular weight is 1320 g/mol. The van der Waals surface area contributed by atoms with Crippen molar-refractivity contribution in [3.8, 4) is 0 Å². The first-order chi connectivity index (χ1) is 46.6. The molecule has 0 radical (unpaired) electrons. The second-order valence-corrected chi connectivity index (χ2v) is 25.8. The van der Waals surface area contributed by atoms with Crippen LogP contribution in [0.4, 0.5) is 0 Å². The molecule has 0 aromatic rings. The third kappa shape index (κ3) is 75.6. The first kappa shape index (κ1) is 89.4. The number of esters is 2. The maximum atomic E-state index is 12.9. The molecule has 0 N–H and O–H groups in total. The standard InChI is InChI=1S/C86H139NO8/c1-6-8-10-12-14-16-18-20-22-24-26-28-30-32-34-36-37-38-39-40-41-42-43-44-45-46-47-49-50-52-54-56-58-60-62-64-66-68-70-72-74-76-83(88)93-80-82(81-94-86(85(90)91)92-79-78-87(3,4)5)95-84(89)77-75-73-71-69-67-65-63-61-59-57-55-53-51-48-35-33-31-29-27-25-23-21-19-17-15-13-11-9-7-2/h8-11,14-17,20-23,26-29,32-35,37-38,51,53,57,59,63,65,69,71,82,86H,6-7,12-13,18-19,24-25,30-31,36,39-50,52,54-56,58,60-62,64,66-68,70,72-81H2,1-5H3/b10-8-,11-9-,16-14-,17-15-,22-20-,23-21-,28-26-,29-27-,34-32-,35-33-,38-37-,53-51-,59-57-,65-63-,71-69-. The number of rotatable bonds is 68. The molecule has 0 aliphatic heterocycles. The largest absolute Gasteiger partial charge is 0.545 e. The van der Waals surface area contributed by atoms with Crippen LogP contribution in [0.3, 0.4) is 0 Å². The number of nitrogens with zero attached hydrogens (tertiary/aromatic N) is 1. The van der Waals surface area contributed by atoms with E-state index in [1.807, 2.05) is 21.1 Å². The topological polar surface area (TPSA) is 111 Å². The monoisotopic (exact) mass is 1310 g/mol. The Bertz CT molecular complexity index is 2220. The zero-order chi connectivity index (χ0) is 69.0. The number of carboxylic acid groups (broad SMARTS) is 1. The summed E-state index contributed by atoms with van der Waals surface area (Å²) in [5.41, 5.74) is 0. The van der Waals surface area contributed by atoms with E-state index in [1.165, 1.54) is 128 Å². The van der Waals surface area contributed by atoms with E-state index in [0.29, 0.717) is 23.9 Å². The summed E-state index contributed by atoms with van der Waals surface area (Å²) < 4.78 is 22.7. The molecular formula is C86H139NO8. The van der Waals surface area contributed by atoms with Crippen molar-refractivity contribution in [2.45, 2.75) is 296 Å². The number of carboxylic acids is 1. The van der Waals surface area contributed by atoms with Crippen molar-refractivity contribution in [3.05, 3.63) is 182 Å². The van der Waals surface area contributed by atoms with Crippen LogP contribution in [0.1, 0.15) is 284 Å². The lowest BCUT2D eigenvalue weighted by atomic mass is 10.0. The minimum atomic E-state index is -1.65. The molecule has 536 valence electrons. The van der Waals surface area contributed by atoms with Crippen LogP contribution in [0.2, 0.25) is 0 Å². The van der Waals surface area contributed by atoms with E-state index < -0.39 is 24.3 Å². The van der Waals surface area contributed by atoms with Crippen LogP contribution in [-0.4, -0.2) is 82.3 Å². The number of ether oxygens (including phenoxy) is 4. The second kappa shape index (κ2) is 74.2. The van der Waals surface area contributed by atoms with Gasteiger partial charge in [-0.15, -0.1) is 0 Å². The Hall–Kier alpha value is -5.61. The lowest BCUT2D eigenvalue weighted by Crippen LogP contribution is -2.44. The van der Waals surface area contributed by atoms with Gasteiger partial charge in [0.15, 0.2) is 12.4 Å². The molecule has 0 spiro atoms. The van der Waals surface area contributed by atoms with Crippen LogP contribution < -0.4 is 5.11 Å². The zero-order valence-electron chi connectivity index (χ0n) is 61.2. The van der Waals surface area contributed by atoms with Gasteiger partial charge in [-0.05, 0) is 128 Å². The highest BCUT2D eigenvalue weighted by Crippen LogP contribution is 2.17. The summed E-state index contributed by atoms with van der Waals surface area (Å²) in [6, 6.07) is 0. The molecule has 0 saturated carbocycles. The summed E-state index contributed by atoms with van der Waals surface area (Å²) in [7, 11) is 5.90. The van der Waals surface area contributed by atoms with Gasteiger partial charge in [-0.25, -0.2) is 0 Å². The SMILES string of the molecule is CC/C=C\C/C=C\C/C=C\C/C=C\C/C=C\C/C=C\C/C=C\C/C=C\C/C=C\CCCC(=O)OC(COC(=O)CCCCCCCCCCCCCCCCCCCCCCCC/C=C\C/C=C\C/C=C\C/C=C\C/C=C\C/C=C\CC)COC(OCC[N+](C)(C)C)C(=O)[O-]. The summed E-state index contributed by atoms with van der Waals surface area (Å²) in [4.78, 5) is 37.5. The summed E-state index contributed by atoms with van der Waals surface area (Å²) in [6.45, 7) is 4.45. The number of quaternary nitrogens is 1. The maximum absolute atomic E-state index is 12.9. The summed E-state index contributed by atoms with van der Waals surface area (Å²) in [5.74, 6) is -2.37. The van der Waals surface area contributed by atoms with E-state index in [1.54, 1.807) is 0 Å². The number of unbranched alkanes of at least 4 members (excludes halogenated alkanes) is 23. The third-order valence-corrected chi connectivity index (χ3v) is 15.6. The number of likely N-dealkylation sites (N-methyl/N-ethyl adjacent to an activating group) is 1. The Morgan fingerprint density at radius 1 is 0.316 bits per heavy atom. The zero-order valence-corrected chi connectivity index (χ0v) is 61.2. The van der Waals surface area contributed by atoms with E-state index in [2.05, 4.69) is 196 Å². The van der Waals surface area contributed by atoms with Crippen molar-refractivity contribution in [2.75, 3.05) is 47.5 Å². The summed E-state index contributed by atoms with van der Waals surface area (Å²) in [6.07, 6.45) is 110. The minimum Gasteiger partial charge on any atom is -0.545 e. The number of carbonyl (C=O) groups excluding carboxylic acids is 3. The van der Waals surface area contributed by atoms with Gasteiger partial charge in [0, 0.05) is 12.8 Å². The number of carbonyl (C=O) groups is 3. The molecule has 0 amide bonds. The van der Waals surface area contributed by atoms with Crippen LogP contribution in [0.25, 0.3) is 0 Å². The highest BCUT2D eigenvalue weighted by molar-refractivity contribution is 5.70. The molecule has 0 aromatic carbocycles. The van der Waals surface area contributed by atoms with E-state index in [-0.39, 0.29) is 38.6 Å². The Kier molecular flexibility index (Phi) is 69.8. The summed E-state index contributed by atoms with van der Waals surface area (Å²) >= 11 is 0. The third-order valence-electron chi connectivity index (χ3n) is 15.6. The average Bonchev–Trinajstić information content (AvgIpc) is 2.86. The molecule has 0 aromatic heterocycles. The maximum Gasteiger partial charge on any atom is 0.306 e. The fraction of sp³-hybridized carbons (Fsp3) is 0.616. The molecule has 95 heavy (non-hydrogen) atoms. The van der Waals surface area contributed by atoms with Gasteiger partial charge in [0.2, 0.25) is 0 Å². The molecule has 0 rings (SSSR count). The molecular weight excluding hydrogens is 1170 g/mol. The Morgan fingerprint density at radius 3 is 0.874 bits per heavy atom. The smallest absolute Gasteiger partial charge is 0.306 e. The molecule has 0 heterocycles. The highest BCUT2D eigenvalue weighted by Gasteiger charge is 2.22. The first-order valence-electron chi connectivity index (χ1n) is 37.9. The van der Waals surface area contributed by atoms with E-state index in [9.17, 15) is 19.5 Å². The molecule has 0 fully saturated rings. The van der Waals surface area contributed by atoms with Crippen LogP contribution in [0.5, 0.6) is 0 Å².